The lowest BCUT2D eigenvalue weighted by Crippen LogP contribution is -2.28. The maximum absolute atomic E-state index is 13.1. The first-order valence-corrected chi connectivity index (χ1v) is 12.8. The number of non-ortho nitro benzene ring substituents is 1. The van der Waals surface area contributed by atoms with Crippen LogP contribution in [-0.2, 0) is 11.5 Å². The number of ether oxygens (including phenoxy) is 1. The van der Waals surface area contributed by atoms with Crippen LogP contribution in [-0.4, -0.2) is 50.0 Å². The van der Waals surface area contributed by atoms with E-state index in [0.29, 0.717) is 6.61 Å². The van der Waals surface area contributed by atoms with Crippen molar-refractivity contribution in [1.29, 1.82) is 0 Å². The number of carboxylic acids is 1. The Bertz CT molecular complexity index is 1180. The zero-order chi connectivity index (χ0) is 22.1. The van der Waals surface area contributed by atoms with Gasteiger partial charge >= 0.3 is 5.97 Å². The van der Waals surface area contributed by atoms with Crippen molar-refractivity contribution in [3.63, 3.8) is 0 Å². The fourth-order valence-electron chi connectivity index (χ4n) is 2.68. The second-order valence-corrected chi connectivity index (χ2v) is 13.6. The van der Waals surface area contributed by atoms with Gasteiger partial charge in [0.2, 0.25) is 5.95 Å². The Hall–Kier alpha value is -3.38. The molecule has 0 fully saturated rings. The summed E-state index contributed by atoms with van der Waals surface area (Å²) in [7, 11) is -1.35. The van der Waals surface area contributed by atoms with Crippen molar-refractivity contribution in [3.8, 4) is 5.95 Å². The van der Waals surface area contributed by atoms with Crippen LogP contribution in [0.3, 0.4) is 0 Å². The minimum Gasteiger partial charge on any atom is -0.478 e. The number of carbonyl (C=O) groups is 1. The molecule has 0 radical (unpaired) electrons. The summed E-state index contributed by atoms with van der Waals surface area (Å²) in [5, 5.41) is 24.3. The van der Waals surface area contributed by atoms with Gasteiger partial charge in [-0.2, -0.15) is 5.10 Å². The molecule has 0 aliphatic carbocycles. The Morgan fingerprint density at radius 3 is 2.67 bits per heavy atom. The second kappa shape index (κ2) is 8.16. The summed E-state index contributed by atoms with van der Waals surface area (Å²) >= 11 is 0. The van der Waals surface area contributed by atoms with Gasteiger partial charge < -0.3 is 9.84 Å². The molecule has 0 aliphatic rings. The van der Waals surface area contributed by atoms with E-state index in [1.807, 2.05) is 0 Å². The highest BCUT2D eigenvalue weighted by atomic mass is 28.3. The predicted molar refractivity (Wildman–Crippen MR) is 111 cm³/mol. The Morgan fingerprint density at radius 2 is 2.07 bits per heavy atom. The maximum atomic E-state index is 13.1. The fourth-order valence-corrected chi connectivity index (χ4v) is 3.44. The first-order valence-electron chi connectivity index (χ1n) is 9.12. The fraction of sp³-hybridized carbons (Fsp3) is 0.333. The molecule has 0 saturated heterocycles. The molecule has 30 heavy (non-hydrogen) atoms. The molecule has 158 valence electrons. The van der Waals surface area contributed by atoms with Crippen molar-refractivity contribution >= 4 is 30.6 Å². The molecule has 1 aromatic carbocycles. The molecule has 2 aromatic heterocycles. The number of benzene rings is 1. The maximum Gasteiger partial charge on any atom is 0.338 e. The Kier molecular flexibility index (Phi) is 5.80. The number of hydrogen-bond acceptors (Lipinski definition) is 7. The molecule has 1 N–H and O–H groups in total. The molecular weight excluding hydrogens is 410 g/mol. The van der Waals surface area contributed by atoms with E-state index in [0.717, 1.165) is 12.2 Å². The lowest BCUT2D eigenvalue weighted by Gasteiger charge is -2.17. The third-order valence-corrected chi connectivity index (χ3v) is 6.08. The minimum atomic E-state index is -1.35. The van der Waals surface area contributed by atoms with Crippen molar-refractivity contribution in [2.45, 2.75) is 32.4 Å². The largest absolute Gasteiger partial charge is 0.478 e. The summed E-state index contributed by atoms with van der Waals surface area (Å²) < 4.78 is 8.05. The molecule has 0 bridgehead atoms. The van der Waals surface area contributed by atoms with E-state index in [2.05, 4.69) is 29.7 Å². The van der Waals surface area contributed by atoms with Gasteiger partial charge in [0, 0.05) is 33.0 Å². The number of fused-ring (bicyclic) bond motifs is 1. The van der Waals surface area contributed by atoms with Crippen LogP contribution < -0.4 is 5.56 Å². The average Bonchev–Trinajstić information content (AvgIpc) is 3.15. The predicted octanol–water partition coefficient (Wildman–Crippen LogP) is 2.50. The van der Waals surface area contributed by atoms with Gasteiger partial charge in [-0.1, -0.05) is 19.6 Å². The highest BCUT2D eigenvalue weighted by molar-refractivity contribution is 6.76. The molecular formula is C18H21N5O6Si. The van der Waals surface area contributed by atoms with Crippen molar-refractivity contribution in [1.82, 2.24) is 19.3 Å². The number of aromatic nitrogens is 4. The number of nitrogens with zero attached hydrogens (tertiary/aromatic N) is 5. The van der Waals surface area contributed by atoms with Gasteiger partial charge in [0.05, 0.1) is 27.6 Å². The number of nitro benzene ring substituents is 1. The van der Waals surface area contributed by atoms with Crippen LogP contribution in [0.4, 0.5) is 5.69 Å². The summed E-state index contributed by atoms with van der Waals surface area (Å²) in [5.41, 5.74) is -0.614. The van der Waals surface area contributed by atoms with Crippen LogP contribution in [0.5, 0.6) is 0 Å². The van der Waals surface area contributed by atoms with Gasteiger partial charge in [0.25, 0.3) is 11.2 Å². The zero-order valence-electron chi connectivity index (χ0n) is 16.7. The van der Waals surface area contributed by atoms with E-state index in [-0.39, 0.29) is 34.8 Å². The van der Waals surface area contributed by atoms with Crippen molar-refractivity contribution in [3.05, 3.63) is 56.6 Å². The van der Waals surface area contributed by atoms with E-state index < -0.39 is 24.5 Å². The van der Waals surface area contributed by atoms with Crippen LogP contribution in [0, 0.1) is 10.1 Å². The summed E-state index contributed by atoms with van der Waals surface area (Å²) in [5.74, 6) is -1.11. The van der Waals surface area contributed by atoms with E-state index in [1.54, 1.807) is 0 Å². The van der Waals surface area contributed by atoms with Gasteiger partial charge in [0.1, 0.15) is 6.73 Å². The van der Waals surface area contributed by atoms with E-state index in [9.17, 15) is 19.7 Å². The SMILES string of the molecule is C[Si](C)(C)CCOCn1c(-n2cc(C(=O)O)cn2)nc2ccc([N+](=O)[O-])cc2c1=O. The smallest absolute Gasteiger partial charge is 0.338 e. The van der Waals surface area contributed by atoms with Crippen molar-refractivity contribution in [2.75, 3.05) is 6.61 Å². The summed E-state index contributed by atoms with van der Waals surface area (Å²) in [6.45, 7) is 6.88. The molecule has 3 aromatic rings. The number of rotatable bonds is 8. The molecule has 0 atom stereocenters. The normalized spacial score (nSPS) is 11.7. The summed E-state index contributed by atoms with van der Waals surface area (Å²) in [4.78, 5) is 39.2. The third-order valence-electron chi connectivity index (χ3n) is 4.38. The first-order chi connectivity index (χ1) is 14.1. The summed E-state index contributed by atoms with van der Waals surface area (Å²) in [6, 6.07) is 4.67. The lowest BCUT2D eigenvalue weighted by molar-refractivity contribution is -0.384. The number of hydrogen-bond donors (Lipinski definition) is 1. The monoisotopic (exact) mass is 431 g/mol. The van der Waals surface area contributed by atoms with Gasteiger partial charge in [-0.05, 0) is 12.1 Å². The molecule has 0 aliphatic heterocycles. The van der Waals surface area contributed by atoms with E-state index >= 15 is 0 Å². The van der Waals surface area contributed by atoms with Gasteiger partial charge in [-0.25, -0.2) is 14.5 Å². The van der Waals surface area contributed by atoms with Crippen LogP contribution >= 0.6 is 0 Å². The zero-order valence-corrected chi connectivity index (χ0v) is 17.7. The van der Waals surface area contributed by atoms with Crippen molar-refractivity contribution in [2.24, 2.45) is 0 Å². The molecule has 0 unspecified atom stereocenters. The Labute approximate surface area is 171 Å². The minimum absolute atomic E-state index is 0.0573. The van der Waals surface area contributed by atoms with Gasteiger partial charge in [-0.15, -0.1) is 0 Å². The molecule has 12 heteroatoms. The Balaban J connectivity index is 2.09. The number of carboxylic acid groups (broad SMARTS) is 1. The number of nitro groups is 1. The van der Waals surface area contributed by atoms with Gasteiger partial charge in [-0.3, -0.25) is 19.5 Å². The highest BCUT2D eigenvalue weighted by Gasteiger charge is 2.18. The molecule has 11 nitrogen and oxygen atoms in total. The first kappa shape index (κ1) is 21.3. The average molecular weight is 431 g/mol. The lowest BCUT2D eigenvalue weighted by atomic mass is 10.2. The Morgan fingerprint density at radius 1 is 1.33 bits per heavy atom. The van der Waals surface area contributed by atoms with Crippen LogP contribution in [0.25, 0.3) is 16.9 Å². The third kappa shape index (κ3) is 4.60. The van der Waals surface area contributed by atoms with Crippen LogP contribution in [0.15, 0.2) is 35.4 Å². The van der Waals surface area contributed by atoms with Crippen LogP contribution in [0.1, 0.15) is 10.4 Å². The quantitative estimate of drug-likeness (QED) is 0.248. The standard InChI is InChI=1S/C18H21N5O6Si/c1-30(2,3)7-6-29-11-21-16(24)14-8-13(23(27)28)4-5-15(14)20-18(21)22-10-12(9-19-22)17(25)26/h4-5,8-10H,6-7,11H2,1-3H3,(H,25,26). The molecule has 0 saturated carbocycles. The van der Waals surface area contributed by atoms with E-state index in [1.165, 1.54) is 33.6 Å². The second-order valence-electron chi connectivity index (χ2n) is 7.93. The summed E-state index contributed by atoms with van der Waals surface area (Å²) in [6.07, 6.45) is 2.38. The van der Waals surface area contributed by atoms with E-state index in [4.69, 9.17) is 9.84 Å². The molecule has 0 amide bonds. The highest BCUT2D eigenvalue weighted by Crippen LogP contribution is 2.18. The van der Waals surface area contributed by atoms with Crippen LogP contribution in [0.2, 0.25) is 25.7 Å². The number of aromatic carboxylic acids is 1. The van der Waals surface area contributed by atoms with Crippen molar-refractivity contribution < 1.29 is 19.6 Å². The topological polar surface area (TPSA) is 142 Å². The van der Waals surface area contributed by atoms with Gasteiger partial charge in [0.15, 0.2) is 0 Å². The molecule has 3 rings (SSSR count). The molecule has 0 spiro atoms. The molecule has 2 heterocycles.